The number of rotatable bonds is 10. The minimum absolute atomic E-state index is 0.113. The lowest BCUT2D eigenvalue weighted by molar-refractivity contribution is -0.137. The van der Waals surface area contributed by atoms with E-state index in [0.717, 1.165) is 22.4 Å². The molecule has 226 valence electrons. The summed E-state index contributed by atoms with van der Waals surface area (Å²) in [5.74, 6) is 0.165. The van der Waals surface area contributed by atoms with E-state index in [1.54, 1.807) is 60.8 Å². The Hall–Kier alpha value is -4.28. The number of carbonyl (C=O) groups is 2. The van der Waals surface area contributed by atoms with E-state index in [4.69, 9.17) is 9.15 Å². The van der Waals surface area contributed by atoms with Crippen molar-refractivity contribution in [1.29, 1.82) is 0 Å². The standard InChI is InChI=1S/C33H39N5O5/c1-7-38-27-9-8-23(16-28(27)35(5)31(40)33(3,4)32(38)41)19-36(20-24-18-34-12-10-22(24)2)14-15-37-13-11-29-26(30(37)39)17-25(43-29)21-42-6/h8-13,16-18H,7,14-15,19-21H2,1-6H3. The number of hydrogen-bond donors (Lipinski definition) is 0. The van der Waals surface area contributed by atoms with E-state index in [9.17, 15) is 14.4 Å². The minimum Gasteiger partial charge on any atom is -0.458 e. The van der Waals surface area contributed by atoms with Gasteiger partial charge in [-0.2, -0.15) is 0 Å². The van der Waals surface area contributed by atoms with Crippen LogP contribution >= 0.6 is 0 Å². The zero-order chi connectivity index (χ0) is 30.9. The van der Waals surface area contributed by atoms with Crippen LogP contribution in [0.25, 0.3) is 11.0 Å². The average Bonchev–Trinajstić information content (AvgIpc) is 3.39. The third kappa shape index (κ3) is 5.85. The Bertz CT molecular complexity index is 1720. The molecule has 1 aromatic carbocycles. The van der Waals surface area contributed by atoms with Crippen LogP contribution < -0.4 is 15.4 Å². The number of amides is 2. The van der Waals surface area contributed by atoms with Gasteiger partial charge in [0.15, 0.2) is 0 Å². The van der Waals surface area contributed by atoms with Crippen molar-refractivity contribution in [2.45, 2.75) is 53.9 Å². The molecule has 10 nitrogen and oxygen atoms in total. The van der Waals surface area contributed by atoms with Gasteiger partial charge in [-0.1, -0.05) is 6.07 Å². The van der Waals surface area contributed by atoms with Gasteiger partial charge >= 0.3 is 0 Å². The number of ether oxygens (including phenoxy) is 1. The summed E-state index contributed by atoms with van der Waals surface area (Å²) >= 11 is 0. The van der Waals surface area contributed by atoms with Gasteiger partial charge in [0.05, 0.1) is 16.8 Å². The molecule has 0 spiro atoms. The van der Waals surface area contributed by atoms with Crippen molar-refractivity contribution >= 4 is 34.2 Å². The Morgan fingerprint density at radius 1 is 1.02 bits per heavy atom. The van der Waals surface area contributed by atoms with E-state index >= 15 is 0 Å². The molecular weight excluding hydrogens is 546 g/mol. The van der Waals surface area contributed by atoms with Crippen LogP contribution in [0.15, 0.2) is 64.2 Å². The highest BCUT2D eigenvalue weighted by Gasteiger charge is 2.45. The highest BCUT2D eigenvalue weighted by Crippen LogP contribution is 2.39. The summed E-state index contributed by atoms with van der Waals surface area (Å²) in [7, 11) is 3.32. The Balaban J connectivity index is 1.45. The summed E-state index contributed by atoms with van der Waals surface area (Å²) in [4.78, 5) is 49.8. The molecule has 4 aromatic rings. The lowest BCUT2D eigenvalue weighted by atomic mass is 9.90. The number of pyridine rings is 2. The quantitative estimate of drug-likeness (QED) is 0.253. The van der Waals surface area contributed by atoms with Crippen molar-refractivity contribution in [3.8, 4) is 0 Å². The number of nitrogens with zero attached hydrogens (tertiary/aromatic N) is 5. The monoisotopic (exact) mass is 585 g/mol. The molecule has 0 saturated carbocycles. The second-order valence-electron chi connectivity index (χ2n) is 11.6. The average molecular weight is 586 g/mol. The number of anilines is 2. The number of methoxy groups -OCH3 is 1. The van der Waals surface area contributed by atoms with Crippen LogP contribution in [0.5, 0.6) is 0 Å². The van der Waals surface area contributed by atoms with E-state index in [1.807, 2.05) is 43.5 Å². The fourth-order valence-corrected chi connectivity index (χ4v) is 5.69. The van der Waals surface area contributed by atoms with Crippen molar-refractivity contribution < 1.29 is 18.7 Å². The molecule has 0 radical (unpaired) electrons. The van der Waals surface area contributed by atoms with E-state index < -0.39 is 5.41 Å². The number of hydrogen-bond acceptors (Lipinski definition) is 7. The molecule has 2 amide bonds. The first-order chi connectivity index (χ1) is 20.5. The number of fused-ring (bicyclic) bond motifs is 2. The first-order valence-corrected chi connectivity index (χ1v) is 14.5. The molecule has 4 heterocycles. The zero-order valence-electron chi connectivity index (χ0n) is 25.7. The summed E-state index contributed by atoms with van der Waals surface area (Å²) in [5.41, 5.74) is 3.91. The number of aromatic nitrogens is 2. The second kappa shape index (κ2) is 12.1. The fraction of sp³-hybridized carbons (Fsp3) is 0.394. The van der Waals surface area contributed by atoms with Crippen LogP contribution in [0.3, 0.4) is 0 Å². The Kier molecular flexibility index (Phi) is 8.52. The molecule has 0 fully saturated rings. The lowest BCUT2D eigenvalue weighted by Gasteiger charge is -2.27. The third-order valence-corrected chi connectivity index (χ3v) is 8.23. The van der Waals surface area contributed by atoms with E-state index in [0.29, 0.717) is 61.7 Å². The van der Waals surface area contributed by atoms with Gasteiger partial charge in [0, 0.05) is 65.5 Å². The summed E-state index contributed by atoms with van der Waals surface area (Å²) in [6.45, 7) is 10.3. The van der Waals surface area contributed by atoms with Gasteiger partial charge in [0.2, 0.25) is 11.8 Å². The molecule has 0 saturated heterocycles. The SMILES string of the molecule is CCN1C(=O)C(C)(C)C(=O)N(C)c2cc(CN(CCn3ccc4oc(COC)cc4c3=O)Cc3cnccc3C)ccc21. The van der Waals surface area contributed by atoms with Gasteiger partial charge in [-0.05, 0) is 74.7 Å². The van der Waals surface area contributed by atoms with Crippen LogP contribution in [0.1, 0.15) is 43.2 Å². The van der Waals surface area contributed by atoms with Crippen LogP contribution in [0, 0.1) is 12.3 Å². The lowest BCUT2D eigenvalue weighted by Crippen LogP contribution is -2.47. The predicted octanol–water partition coefficient (Wildman–Crippen LogP) is 4.50. The highest BCUT2D eigenvalue weighted by atomic mass is 16.5. The van der Waals surface area contributed by atoms with Crippen LogP contribution in [0.2, 0.25) is 0 Å². The maximum atomic E-state index is 13.4. The molecule has 0 unspecified atom stereocenters. The molecule has 0 aliphatic carbocycles. The number of benzene rings is 1. The zero-order valence-corrected chi connectivity index (χ0v) is 25.7. The van der Waals surface area contributed by atoms with Crippen molar-refractivity contribution in [2.24, 2.45) is 5.41 Å². The number of carbonyl (C=O) groups excluding carboxylic acids is 2. The molecule has 0 atom stereocenters. The molecule has 1 aliphatic rings. The van der Waals surface area contributed by atoms with Gasteiger partial charge in [-0.3, -0.25) is 24.3 Å². The van der Waals surface area contributed by atoms with Gasteiger partial charge in [-0.25, -0.2) is 0 Å². The first kappa shape index (κ1) is 30.2. The fourth-order valence-electron chi connectivity index (χ4n) is 5.69. The molecule has 1 aliphatic heterocycles. The summed E-state index contributed by atoms with van der Waals surface area (Å²) in [5, 5.41) is 0.528. The summed E-state index contributed by atoms with van der Waals surface area (Å²) < 4.78 is 12.6. The first-order valence-electron chi connectivity index (χ1n) is 14.5. The minimum atomic E-state index is -1.17. The van der Waals surface area contributed by atoms with E-state index in [2.05, 4.69) is 16.8 Å². The van der Waals surface area contributed by atoms with Crippen LogP contribution in [0.4, 0.5) is 11.4 Å². The Morgan fingerprint density at radius 3 is 2.53 bits per heavy atom. The third-order valence-electron chi connectivity index (χ3n) is 8.23. The molecule has 0 bridgehead atoms. The largest absolute Gasteiger partial charge is 0.458 e. The molecular formula is C33H39N5O5. The molecule has 5 rings (SSSR count). The summed E-state index contributed by atoms with van der Waals surface area (Å²) in [6, 6.07) is 11.5. The van der Waals surface area contributed by atoms with Crippen molar-refractivity contribution in [3.63, 3.8) is 0 Å². The van der Waals surface area contributed by atoms with E-state index in [1.165, 1.54) is 0 Å². The Morgan fingerprint density at radius 2 is 1.81 bits per heavy atom. The van der Waals surface area contributed by atoms with Crippen LogP contribution in [-0.4, -0.2) is 53.5 Å². The van der Waals surface area contributed by atoms with Crippen molar-refractivity contribution in [1.82, 2.24) is 14.5 Å². The predicted molar refractivity (Wildman–Crippen MR) is 166 cm³/mol. The maximum absolute atomic E-state index is 13.4. The van der Waals surface area contributed by atoms with Crippen molar-refractivity contribution in [3.05, 3.63) is 87.8 Å². The molecule has 10 heteroatoms. The highest BCUT2D eigenvalue weighted by molar-refractivity contribution is 6.19. The van der Waals surface area contributed by atoms with Crippen molar-refractivity contribution in [2.75, 3.05) is 37.0 Å². The van der Waals surface area contributed by atoms with Gasteiger partial charge in [0.1, 0.15) is 23.4 Å². The smallest absolute Gasteiger partial charge is 0.261 e. The molecule has 3 aromatic heterocycles. The van der Waals surface area contributed by atoms with Gasteiger partial charge < -0.3 is 23.5 Å². The van der Waals surface area contributed by atoms with Gasteiger partial charge in [-0.15, -0.1) is 0 Å². The molecule has 0 N–H and O–H groups in total. The summed E-state index contributed by atoms with van der Waals surface area (Å²) in [6.07, 6.45) is 5.42. The Labute approximate surface area is 251 Å². The van der Waals surface area contributed by atoms with Gasteiger partial charge in [0.25, 0.3) is 5.56 Å². The van der Waals surface area contributed by atoms with E-state index in [-0.39, 0.29) is 17.4 Å². The topological polar surface area (TPSA) is 101 Å². The molecule has 43 heavy (non-hydrogen) atoms. The van der Waals surface area contributed by atoms with Crippen LogP contribution in [-0.2, 0) is 40.6 Å². The maximum Gasteiger partial charge on any atom is 0.261 e. The second-order valence-corrected chi connectivity index (χ2v) is 11.6. The normalized spacial score (nSPS) is 15.0. The number of aryl methyl sites for hydroxylation is 1. The number of furan rings is 1.